The van der Waals surface area contributed by atoms with Crippen LogP contribution in [0.25, 0.3) is 0 Å². The Hall–Kier alpha value is -2.12. The molecule has 7 nitrogen and oxygen atoms in total. The number of nitrogens with one attached hydrogen (secondary N) is 1. The van der Waals surface area contributed by atoms with E-state index in [4.69, 9.17) is 9.47 Å². The number of nitrogens with zero attached hydrogens (tertiary/aromatic N) is 2. The van der Waals surface area contributed by atoms with Gasteiger partial charge in [-0.15, -0.1) is 0 Å². The standard InChI is InChI=1S/C21H31N3O4/c1-17(25)24-11-14-28-20-5-3-18(15-19(20)16-24)4-6-21(26)22-7-2-8-23-9-12-27-13-10-23/h3,5,15H,2,4,6-14,16H2,1H3,(H,22,26). The fraction of sp³-hybridized carbons (Fsp3) is 0.619. The largest absolute Gasteiger partial charge is 0.491 e. The Morgan fingerprint density at radius 3 is 2.75 bits per heavy atom. The summed E-state index contributed by atoms with van der Waals surface area (Å²) in [6.07, 6.45) is 2.11. The summed E-state index contributed by atoms with van der Waals surface area (Å²) in [4.78, 5) is 28.0. The molecule has 0 aromatic heterocycles. The summed E-state index contributed by atoms with van der Waals surface area (Å²) < 4.78 is 11.1. The summed E-state index contributed by atoms with van der Waals surface area (Å²) >= 11 is 0. The van der Waals surface area contributed by atoms with Crippen LogP contribution in [0, 0.1) is 0 Å². The van der Waals surface area contributed by atoms with Crippen LogP contribution in [0.3, 0.4) is 0 Å². The molecule has 1 aromatic rings. The summed E-state index contributed by atoms with van der Waals surface area (Å²) in [5.74, 6) is 0.969. The Morgan fingerprint density at radius 1 is 1.14 bits per heavy atom. The molecule has 2 heterocycles. The van der Waals surface area contributed by atoms with Crippen molar-refractivity contribution in [1.29, 1.82) is 0 Å². The molecule has 0 unspecified atom stereocenters. The fourth-order valence-corrected chi connectivity index (χ4v) is 3.57. The first kappa shape index (κ1) is 20.6. The third-order valence-corrected chi connectivity index (χ3v) is 5.27. The van der Waals surface area contributed by atoms with Crippen LogP contribution in [0.5, 0.6) is 5.75 Å². The number of amides is 2. The molecule has 1 fully saturated rings. The fourth-order valence-electron chi connectivity index (χ4n) is 3.57. The van der Waals surface area contributed by atoms with Gasteiger partial charge in [0.1, 0.15) is 12.4 Å². The third-order valence-electron chi connectivity index (χ3n) is 5.27. The minimum Gasteiger partial charge on any atom is -0.491 e. The lowest BCUT2D eigenvalue weighted by Crippen LogP contribution is -2.38. The third kappa shape index (κ3) is 6.21. The predicted octanol–water partition coefficient (Wildman–Crippen LogP) is 1.20. The van der Waals surface area contributed by atoms with Gasteiger partial charge in [0.25, 0.3) is 0 Å². The summed E-state index contributed by atoms with van der Waals surface area (Å²) in [5.41, 5.74) is 2.10. The Labute approximate surface area is 167 Å². The van der Waals surface area contributed by atoms with Crippen molar-refractivity contribution in [2.45, 2.75) is 32.7 Å². The van der Waals surface area contributed by atoms with Gasteiger partial charge in [0.05, 0.1) is 19.8 Å². The molecular weight excluding hydrogens is 358 g/mol. The Kier molecular flexibility index (Phi) is 7.68. The summed E-state index contributed by atoms with van der Waals surface area (Å²) in [6.45, 7) is 8.55. The highest BCUT2D eigenvalue weighted by atomic mass is 16.5. The van der Waals surface area contributed by atoms with Crippen molar-refractivity contribution in [3.63, 3.8) is 0 Å². The summed E-state index contributed by atoms with van der Waals surface area (Å²) in [5, 5.41) is 3.01. The first-order chi connectivity index (χ1) is 13.6. The van der Waals surface area contributed by atoms with E-state index in [1.54, 1.807) is 11.8 Å². The average molecular weight is 389 g/mol. The molecule has 154 valence electrons. The molecule has 1 N–H and O–H groups in total. The Morgan fingerprint density at radius 2 is 1.96 bits per heavy atom. The number of fused-ring (bicyclic) bond motifs is 1. The lowest BCUT2D eigenvalue weighted by molar-refractivity contribution is -0.129. The van der Waals surface area contributed by atoms with Crippen molar-refractivity contribution in [2.24, 2.45) is 0 Å². The van der Waals surface area contributed by atoms with E-state index in [2.05, 4.69) is 16.3 Å². The number of benzene rings is 1. The normalized spacial score (nSPS) is 17.4. The van der Waals surface area contributed by atoms with Crippen molar-refractivity contribution in [3.05, 3.63) is 29.3 Å². The van der Waals surface area contributed by atoms with Gasteiger partial charge < -0.3 is 19.7 Å². The van der Waals surface area contributed by atoms with E-state index >= 15 is 0 Å². The van der Waals surface area contributed by atoms with Crippen LogP contribution in [-0.4, -0.2) is 74.2 Å². The molecule has 0 radical (unpaired) electrons. The maximum Gasteiger partial charge on any atom is 0.220 e. The van der Waals surface area contributed by atoms with Gasteiger partial charge in [-0.2, -0.15) is 0 Å². The first-order valence-corrected chi connectivity index (χ1v) is 10.2. The molecule has 0 spiro atoms. The number of ether oxygens (including phenoxy) is 2. The second-order valence-corrected chi connectivity index (χ2v) is 7.39. The van der Waals surface area contributed by atoms with Crippen molar-refractivity contribution in [1.82, 2.24) is 15.1 Å². The second-order valence-electron chi connectivity index (χ2n) is 7.39. The van der Waals surface area contributed by atoms with E-state index < -0.39 is 0 Å². The second kappa shape index (κ2) is 10.4. The quantitative estimate of drug-likeness (QED) is 0.710. The Bertz CT molecular complexity index is 674. The van der Waals surface area contributed by atoms with E-state index in [1.807, 2.05) is 12.1 Å². The molecule has 2 amide bonds. The average Bonchev–Trinajstić information content (AvgIpc) is 2.92. The maximum absolute atomic E-state index is 12.1. The lowest BCUT2D eigenvalue weighted by atomic mass is 10.0. The van der Waals surface area contributed by atoms with E-state index in [9.17, 15) is 9.59 Å². The van der Waals surface area contributed by atoms with E-state index in [0.717, 1.165) is 56.1 Å². The van der Waals surface area contributed by atoms with Gasteiger partial charge in [0.15, 0.2) is 0 Å². The molecule has 1 aromatic carbocycles. The van der Waals surface area contributed by atoms with Gasteiger partial charge in [0, 0.05) is 45.1 Å². The van der Waals surface area contributed by atoms with Crippen LogP contribution in [0.4, 0.5) is 0 Å². The molecule has 3 rings (SSSR count). The zero-order valence-corrected chi connectivity index (χ0v) is 16.7. The van der Waals surface area contributed by atoms with Crippen molar-refractivity contribution in [3.8, 4) is 5.75 Å². The van der Waals surface area contributed by atoms with Crippen LogP contribution < -0.4 is 10.1 Å². The number of carbonyl (C=O) groups excluding carboxylic acids is 2. The molecular formula is C21H31N3O4. The van der Waals surface area contributed by atoms with Crippen LogP contribution in [0.15, 0.2) is 18.2 Å². The number of morpholine rings is 1. The highest BCUT2D eigenvalue weighted by molar-refractivity contribution is 5.76. The summed E-state index contributed by atoms with van der Waals surface area (Å²) in [7, 11) is 0. The van der Waals surface area contributed by atoms with Crippen molar-refractivity contribution >= 4 is 11.8 Å². The SMILES string of the molecule is CC(=O)N1CCOc2ccc(CCC(=O)NCCCN3CCOCC3)cc2C1. The highest BCUT2D eigenvalue weighted by Gasteiger charge is 2.17. The lowest BCUT2D eigenvalue weighted by Gasteiger charge is -2.26. The molecule has 28 heavy (non-hydrogen) atoms. The molecule has 2 aliphatic rings. The number of rotatable bonds is 7. The van der Waals surface area contributed by atoms with Gasteiger partial charge >= 0.3 is 0 Å². The topological polar surface area (TPSA) is 71.1 Å². The minimum absolute atomic E-state index is 0.0540. The maximum atomic E-state index is 12.1. The molecule has 0 atom stereocenters. The van der Waals surface area contributed by atoms with Crippen molar-refractivity contribution < 1.29 is 19.1 Å². The van der Waals surface area contributed by atoms with Gasteiger partial charge in [-0.25, -0.2) is 0 Å². The minimum atomic E-state index is 0.0540. The van der Waals surface area contributed by atoms with Crippen molar-refractivity contribution in [2.75, 3.05) is 52.5 Å². The van der Waals surface area contributed by atoms with Crippen LogP contribution in [-0.2, 0) is 27.3 Å². The zero-order chi connectivity index (χ0) is 19.8. The number of aryl methyl sites for hydroxylation is 1. The number of hydrogen-bond acceptors (Lipinski definition) is 5. The van der Waals surface area contributed by atoms with Gasteiger partial charge in [-0.3, -0.25) is 14.5 Å². The van der Waals surface area contributed by atoms with Crippen LogP contribution >= 0.6 is 0 Å². The van der Waals surface area contributed by atoms with E-state index in [0.29, 0.717) is 39.1 Å². The molecule has 2 aliphatic heterocycles. The molecule has 0 bridgehead atoms. The smallest absolute Gasteiger partial charge is 0.220 e. The first-order valence-electron chi connectivity index (χ1n) is 10.2. The van der Waals surface area contributed by atoms with Gasteiger partial charge in [-0.1, -0.05) is 12.1 Å². The molecule has 0 saturated carbocycles. The van der Waals surface area contributed by atoms with E-state index in [-0.39, 0.29) is 11.8 Å². The van der Waals surface area contributed by atoms with Gasteiger partial charge in [0.2, 0.25) is 11.8 Å². The number of carbonyl (C=O) groups is 2. The molecule has 1 saturated heterocycles. The monoisotopic (exact) mass is 389 g/mol. The van der Waals surface area contributed by atoms with Crippen LogP contribution in [0.2, 0.25) is 0 Å². The van der Waals surface area contributed by atoms with E-state index in [1.165, 1.54) is 0 Å². The molecule has 7 heteroatoms. The highest BCUT2D eigenvalue weighted by Crippen LogP contribution is 2.25. The number of hydrogen-bond donors (Lipinski definition) is 1. The summed E-state index contributed by atoms with van der Waals surface area (Å²) in [6, 6.07) is 6.02. The van der Waals surface area contributed by atoms with Crippen LogP contribution in [0.1, 0.15) is 30.9 Å². The predicted molar refractivity (Wildman–Crippen MR) is 106 cm³/mol. The van der Waals surface area contributed by atoms with Gasteiger partial charge in [-0.05, 0) is 31.0 Å². The zero-order valence-electron chi connectivity index (χ0n) is 16.7. The molecule has 0 aliphatic carbocycles. The Balaban J connectivity index is 1.40.